The molecule has 0 fully saturated rings. The van der Waals surface area contributed by atoms with Gasteiger partial charge in [-0.25, -0.2) is 4.98 Å². The van der Waals surface area contributed by atoms with Crippen molar-refractivity contribution in [3.8, 4) is 0 Å². The Balaban J connectivity index is 0.00000484. The quantitative estimate of drug-likeness (QED) is 0.247. The minimum Gasteiger partial charge on any atom is -0.380 e. The van der Waals surface area contributed by atoms with Crippen LogP contribution < -0.4 is 10.6 Å². The second-order valence-corrected chi connectivity index (χ2v) is 6.92. The molecule has 0 aromatic carbocycles. The predicted molar refractivity (Wildman–Crippen MR) is 110 cm³/mol. The summed E-state index contributed by atoms with van der Waals surface area (Å²) in [5.41, 5.74) is 0. The zero-order valence-electron chi connectivity index (χ0n) is 14.7. The van der Waals surface area contributed by atoms with E-state index in [4.69, 9.17) is 4.74 Å². The molecular formula is C16H31IN4OS. The van der Waals surface area contributed by atoms with Gasteiger partial charge in [-0.15, -0.1) is 35.3 Å². The van der Waals surface area contributed by atoms with Gasteiger partial charge in [0.1, 0.15) is 0 Å². The molecule has 0 bridgehead atoms. The van der Waals surface area contributed by atoms with Crippen LogP contribution in [-0.2, 0) is 11.2 Å². The van der Waals surface area contributed by atoms with Crippen molar-refractivity contribution in [2.24, 2.45) is 10.9 Å². The molecule has 7 heteroatoms. The average molecular weight is 454 g/mol. The lowest BCUT2D eigenvalue weighted by atomic mass is 10.1. The molecule has 0 spiro atoms. The lowest BCUT2D eigenvalue weighted by Gasteiger charge is -2.11. The zero-order chi connectivity index (χ0) is 16.2. The van der Waals surface area contributed by atoms with E-state index in [1.54, 1.807) is 11.3 Å². The highest BCUT2D eigenvalue weighted by Gasteiger charge is 2.01. The van der Waals surface area contributed by atoms with E-state index in [1.165, 1.54) is 4.88 Å². The number of thiazole rings is 1. The van der Waals surface area contributed by atoms with Crippen molar-refractivity contribution in [3.05, 3.63) is 16.1 Å². The third-order valence-electron chi connectivity index (χ3n) is 2.99. The summed E-state index contributed by atoms with van der Waals surface area (Å²) < 4.78 is 5.58. The fraction of sp³-hybridized carbons (Fsp3) is 0.750. The Hall–Kier alpha value is -0.410. The van der Waals surface area contributed by atoms with Crippen LogP contribution in [0.2, 0.25) is 0 Å². The van der Waals surface area contributed by atoms with Crippen LogP contribution in [0.15, 0.2) is 11.2 Å². The van der Waals surface area contributed by atoms with Gasteiger partial charge in [0.2, 0.25) is 0 Å². The normalized spacial score (nSPS) is 11.4. The van der Waals surface area contributed by atoms with Gasteiger partial charge in [-0.05, 0) is 26.2 Å². The van der Waals surface area contributed by atoms with E-state index in [0.29, 0.717) is 19.1 Å². The lowest BCUT2D eigenvalue weighted by Crippen LogP contribution is -2.38. The number of ether oxygens (including phenoxy) is 1. The molecule has 0 aliphatic rings. The van der Waals surface area contributed by atoms with Gasteiger partial charge in [-0.3, -0.25) is 4.99 Å². The number of aryl methyl sites for hydroxylation is 1. The highest BCUT2D eigenvalue weighted by Crippen LogP contribution is 2.10. The summed E-state index contributed by atoms with van der Waals surface area (Å²) in [6.45, 7) is 12.4. The molecule has 0 atom stereocenters. The summed E-state index contributed by atoms with van der Waals surface area (Å²) in [6.07, 6.45) is 3.96. The largest absolute Gasteiger partial charge is 0.380 e. The fourth-order valence-corrected chi connectivity index (χ4v) is 2.58. The van der Waals surface area contributed by atoms with Crippen LogP contribution >= 0.6 is 35.3 Å². The lowest BCUT2D eigenvalue weighted by molar-refractivity contribution is 0.130. The number of hydrogen-bond donors (Lipinski definition) is 2. The van der Waals surface area contributed by atoms with E-state index in [0.717, 1.165) is 43.5 Å². The van der Waals surface area contributed by atoms with Crippen molar-refractivity contribution in [2.75, 3.05) is 32.8 Å². The third kappa shape index (κ3) is 11.7. The van der Waals surface area contributed by atoms with Gasteiger partial charge in [0, 0.05) is 37.2 Å². The maximum Gasteiger partial charge on any atom is 0.191 e. The Morgan fingerprint density at radius 3 is 2.74 bits per heavy atom. The Morgan fingerprint density at radius 2 is 2.13 bits per heavy atom. The van der Waals surface area contributed by atoms with Crippen molar-refractivity contribution in [3.63, 3.8) is 0 Å². The average Bonchev–Trinajstić information content (AvgIpc) is 2.88. The van der Waals surface area contributed by atoms with E-state index in [9.17, 15) is 0 Å². The first-order chi connectivity index (χ1) is 10.6. The first kappa shape index (κ1) is 22.6. The first-order valence-corrected chi connectivity index (χ1v) is 8.94. The SMILES string of the molecule is CCNC(=NCCOCCC(C)C)NCCc1ncc(C)s1.I. The molecular weight excluding hydrogens is 423 g/mol. The van der Waals surface area contributed by atoms with Crippen molar-refractivity contribution in [1.29, 1.82) is 0 Å². The molecule has 0 saturated heterocycles. The molecule has 134 valence electrons. The number of rotatable bonds is 10. The number of hydrogen-bond acceptors (Lipinski definition) is 4. The molecule has 5 nitrogen and oxygen atoms in total. The maximum atomic E-state index is 5.58. The number of halogens is 1. The molecule has 0 aliphatic carbocycles. The minimum atomic E-state index is 0. The van der Waals surface area contributed by atoms with Gasteiger partial charge >= 0.3 is 0 Å². The van der Waals surface area contributed by atoms with Gasteiger partial charge in [0.15, 0.2) is 5.96 Å². The Labute approximate surface area is 161 Å². The number of nitrogens with zero attached hydrogens (tertiary/aromatic N) is 2. The topological polar surface area (TPSA) is 58.5 Å². The first-order valence-electron chi connectivity index (χ1n) is 8.13. The monoisotopic (exact) mass is 454 g/mol. The molecule has 23 heavy (non-hydrogen) atoms. The molecule has 1 aromatic rings. The van der Waals surface area contributed by atoms with Crippen molar-refractivity contribution >= 4 is 41.3 Å². The van der Waals surface area contributed by atoms with Crippen LogP contribution in [0, 0.1) is 12.8 Å². The predicted octanol–water partition coefficient (Wildman–Crippen LogP) is 3.23. The second kappa shape index (κ2) is 14.0. The van der Waals surface area contributed by atoms with Crippen LogP contribution in [0.25, 0.3) is 0 Å². The summed E-state index contributed by atoms with van der Waals surface area (Å²) >= 11 is 1.75. The zero-order valence-corrected chi connectivity index (χ0v) is 17.9. The van der Waals surface area contributed by atoms with Crippen molar-refractivity contribution < 1.29 is 4.74 Å². The van der Waals surface area contributed by atoms with Crippen molar-refractivity contribution in [2.45, 2.75) is 40.5 Å². The molecule has 0 saturated carbocycles. The summed E-state index contributed by atoms with van der Waals surface area (Å²) in [4.78, 5) is 10.1. The highest BCUT2D eigenvalue weighted by molar-refractivity contribution is 14.0. The fourth-order valence-electron chi connectivity index (χ4n) is 1.79. The summed E-state index contributed by atoms with van der Waals surface area (Å²) in [7, 11) is 0. The van der Waals surface area contributed by atoms with Gasteiger partial charge in [-0.1, -0.05) is 13.8 Å². The number of guanidine groups is 1. The van der Waals surface area contributed by atoms with Crippen molar-refractivity contribution in [1.82, 2.24) is 15.6 Å². The Kier molecular flexibility index (Phi) is 13.7. The smallest absolute Gasteiger partial charge is 0.191 e. The summed E-state index contributed by atoms with van der Waals surface area (Å²) in [5.74, 6) is 1.54. The number of nitrogens with one attached hydrogen (secondary N) is 2. The third-order valence-corrected chi connectivity index (χ3v) is 3.96. The highest BCUT2D eigenvalue weighted by atomic mass is 127. The molecule has 2 N–H and O–H groups in total. The van der Waals surface area contributed by atoms with Gasteiger partial charge in [0.25, 0.3) is 0 Å². The molecule has 1 rings (SSSR count). The van der Waals surface area contributed by atoms with Crippen LogP contribution in [0.5, 0.6) is 0 Å². The molecule has 0 unspecified atom stereocenters. The molecule has 0 radical (unpaired) electrons. The van der Waals surface area contributed by atoms with E-state index in [2.05, 4.69) is 48.3 Å². The Bertz CT molecular complexity index is 437. The van der Waals surface area contributed by atoms with Gasteiger partial charge in [-0.2, -0.15) is 0 Å². The van der Waals surface area contributed by atoms with Crippen LogP contribution in [0.3, 0.4) is 0 Å². The second-order valence-electron chi connectivity index (χ2n) is 5.60. The number of aromatic nitrogens is 1. The Morgan fingerprint density at radius 1 is 1.35 bits per heavy atom. The molecule has 1 heterocycles. The van der Waals surface area contributed by atoms with Crippen LogP contribution in [0.4, 0.5) is 0 Å². The van der Waals surface area contributed by atoms with E-state index >= 15 is 0 Å². The standard InChI is InChI=1S/C16H30N4OS.HI/c1-5-17-16(19-9-11-21-10-7-13(2)3)18-8-6-15-20-12-14(4)22-15;/h12-13H,5-11H2,1-4H3,(H2,17,18,19);1H. The number of aliphatic imine (C=N–C) groups is 1. The van der Waals surface area contributed by atoms with Crippen LogP contribution in [-0.4, -0.2) is 43.8 Å². The maximum absolute atomic E-state index is 5.58. The molecule has 1 aromatic heterocycles. The molecule has 0 aliphatic heterocycles. The summed E-state index contributed by atoms with van der Waals surface area (Å²) in [6, 6.07) is 0. The molecule has 0 amide bonds. The van der Waals surface area contributed by atoms with E-state index in [1.807, 2.05) is 6.20 Å². The summed E-state index contributed by atoms with van der Waals surface area (Å²) in [5, 5.41) is 7.75. The minimum absolute atomic E-state index is 0. The van der Waals surface area contributed by atoms with Gasteiger partial charge in [0.05, 0.1) is 18.2 Å². The van der Waals surface area contributed by atoms with Gasteiger partial charge < -0.3 is 15.4 Å². The van der Waals surface area contributed by atoms with E-state index < -0.39 is 0 Å². The van der Waals surface area contributed by atoms with E-state index in [-0.39, 0.29) is 24.0 Å². The van der Waals surface area contributed by atoms with Crippen LogP contribution in [0.1, 0.15) is 37.1 Å².